The predicted octanol–water partition coefficient (Wildman–Crippen LogP) is 4.21. The van der Waals surface area contributed by atoms with Gasteiger partial charge in [0.2, 0.25) is 0 Å². The summed E-state index contributed by atoms with van der Waals surface area (Å²) in [4.78, 5) is 2.41. The van der Waals surface area contributed by atoms with Crippen LogP contribution in [-0.4, -0.2) is 25.7 Å². The second-order valence-corrected chi connectivity index (χ2v) is 5.68. The number of unbranched alkanes of at least 4 members (excludes halogenated alkanes) is 1. The quantitative estimate of drug-likeness (QED) is 0.699. The van der Waals surface area contributed by atoms with Crippen LogP contribution in [0.3, 0.4) is 0 Å². The van der Waals surface area contributed by atoms with E-state index in [0.717, 1.165) is 31.9 Å². The number of rotatable bonds is 10. The third kappa shape index (κ3) is 5.96. The van der Waals surface area contributed by atoms with Crippen molar-refractivity contribution in [1.82, 2.24) is 5.32 Å². The van der Waals surface area contributed by atoms with Gasteiger partial charge in [0.15, 0.2) is 0 Å². The zero-order valence-electron chi connectivity index (χ0n) is 14.4. The molecule has 0 heterocycles. The van der Waals surface area contributed by atoms with Crippen molar-refractivity contribution >= 4 is 5.69 Å². The van der Waals surface area contributed by atoms with E-state index < -0.39 is 0 Å². The molecule has 120 valence electrons. The van der Waals surface area contributed by atoms with Gasteiger partial charge in [0.1, 0.15) is 5.75 Å². The van der Waals surface area contributed by atoms with E-state index in [4.69, 9.17) is 4.74 Å². The van der Waals surface area contributed by atoms with Crippen LogP contribution in [0.5, 0.6) is 5.75 Å². The van der Waals surface area contributed by atoms with Crippen molar-refractivity contribution in [2.75, 3.05) is 24.5 Å². The Labute approximate surface area is 130 Å². The van der Waals surface area contributed by atoms with E-state index in [-0.39, 0.29) is 6.10 Å². The smallest absolute Gasteiger partial charge is 0.143 e. The van der Waals surface area contributed by atoms with Crippen LogP contribution in [0.15, 0.2) is 18.2 Å². The van der Waals surface area contributed by atoms with Crippen LogP contribution in [0, 0.1) is 0 Å². The molecule has 0 bridgehead atoms. The first-order valence-electron chi connectivity index (χ1n) is 8.37. The first-order chi connectivity index (χ1) is 10.1. The number of nitrogens with zero attached hydrogens (tertiary/aromatic N) is 1. The molecule has 0 aliphatic rings. The van der Waals surface area contributed by atoms with Gasteiger partial charge in [-0.05, 0) is 51.4 Å². The maximum Gasteiger partial charge on any atom is 0.143 e. The molecule has 0 radical (unpaired) electrons. The lowest BCUT2D eigenvalue weighted by atomic mass is 10.1. The van der Waals surface area contributed by atoms with E-state index in [1.807, 2.05) is 0 Å². The van der Waals surface area contributed by atoms with Crippen LogP contribution in [0.1, 0.15) is 53.0 Å². The summed E-state index contributed by atoms with van der Waals surface area (Å²) >= 11 is 0. The third-order valence-corrected chi connectivity index (χ3v) is 3.47. The van der Waals surface area contributed by atoms with Crippen LogP contribution in [-0.2, 0) is 6.54 Å². The highest BCUT2D eigenvalue weighted by Gasteiger charge is 2.12. The first kappa shape index (κ1) is 17.8. The summed E-state index contributed by atoms with van der Waals surface area (Å²) in [5.41, 5.74) is 2.50. The molecule has 3 heteroatoms. The molecule has 21 heavy (non-hydrogen) atoms. The van der Waals surface area contributed by atoms with E-state index in [2.05, 4.69) is 63.0 Å². The molecule has 0 fully saturated rings. The van der Waals surface area contributed by atoms with Gasteiger partial charge in [-0.2, -0.15) is 0 Å². The molecular formula is C18H32N2O. The molecule has 1 rings (SSSR count). The molecule has 0 aliphatic heterocycles. The summed E-state index contributed by atoms with van der Waals surface area (Å²) in [6, 6.07) is 6.61. The molecule has 1 aromatic carbocycles. The lowest BCUT2D eigenvalue weighted by molar-refractivity contribution is 0.242. The molecule has 0 atom stereocenters. The van der Waals surface area contributed by atoms with Gasteiger partial charge >= 0.3 is 0 Å². The molecule has 0 unspecified atom stereocenters. The van der Waals surface area contributed by atoms with Crippen LogP contribution in [0.25, 0.3) is 0 Å². The molecule has 0 saturated carbocycles. The van der Waals surface area contributed by atoms with Crippen LogP contribution in [0.4, 0.5) is 5.69 Å². The van der Waals surface area contributed by atoms with Crippen molar-refractivity contribution in [3.63, 3.8) is 0 Å². The van der Waals surface area contributed by atoms with Gasteiger partial charge in [0.05, 0.1) is 11.8 Å². The van der Waals surface area contributed by atoms with Crippen molar-refractivity contribution in [1.29, 1.82) is 0 Å². The van der Waals surface area contributed by atoms with Gasteiger partial charge in [-0.3, -0.25) is 0 Å². The van der Waals surface area contributed by atoms with Crippen molar-refractivity contribution in [2.45, 2.75) is 60.1 Å². The molecule has 0 aliphatic carbocycles. The zero-order chi connectivity index (χ0) is 15.7. The first-order valence-corrected chi connectivity index (χ1v) is 8.37. The third-order valence-electron chi connectivity index (χ3n) is 3.47. The highest BCUT2D eigenvalue weighted by Crippen LogP contribution is 2.31. The molecule has 0 amide bonds. The SMILES string of the molecule is CCCCN(CC)c1ccc(CNCC)cc1OC(C)C. The Balaban J connectivity index is 2.98. The van der Waals surface area contributed by atoms with E-state index in [1.165, 1.54) is 24.1 Å². The van der Waals surface area contributed by atoms with Crippen molar-refractivity contribution in [2.24, 2.45) is 0 Å². The molecule has 3 nitrogen and oxygen atoms in total. The van der Waals surface area contributed by atoms with Crippen molar-refractivity contribution < 1.29 is 4.74 Å². The maximum absolute atomic E-state index is 6.06. The summed E-state index contributed by atoms with van der Waals surface area (Å²) in [5, 5.41) is 3.37. The Kier molecular flexibility index (Phi) is 8.21. The van der Waals surface area contributed by atoms with Gasteiger partial charge in [-0.15, -0.1) is 0 Å². The molecular weight excluding hydrogens is 260 g/mol. The standard InChI is InChI=1S/C18H32N2O/c1-6-9-12-20(8-3)17-11-10-16(14-19-7-2)13-18(17)21-15(4)5/h10-11,13,15,19H,6-9,12,14H2,1-5H3. The Bertz CT molecular complexity index is 404. The maximum atomic E-state index is 6.06. The Morgan fingerprint density at radius 3 is 2.52 bits per heavy atom. The summed E-state index contributed by atoms with van der Waals surface area (Å²) < 4.78 is 6.06. The Morgan fingerprint density at radius 2 is 1.95 bits per heavy atom. The minimum absolute atomic E-state index is 0.197. The van der Waals surface area contributed by atoms with Gasteiger partial charge in [-0.1, -0.05) is 26.3 Å². The lowest BCUT2D eigenvalue weighted by Crippen LogP contribution is -2.25. The minimum Gasteiger partial charge on any atom is -0.489 e. The fraction of sp³-hybridized carbons (Fsp3) is 0.667. The summed E-state index contributed by atoms with van der Waals surface area (Å²) in [7, 11) is 0. The van der Waals surface area contributed by atoms with E-state index in [0.29, 0.717) is 0 Å². The summed E-state index contributed by atoms with van der Waals surface area (Å²) in [5.74, 6) is 1.01. The average Bonchev–Trinajstić information content (AvgIpc) is 2.46. The topological polar surface area (TPSA) is 24.5 Å². The number of hydrogen-bond acceptors (Lipinski definition) is 3. The normalized spacial score (nSPS) is 11.0. The summed E-state index contributed by atoms with van der Waals surface area (Å²) in [6.45, 7) is 14.7. The van der Waals surface area contributed by atoms with Gasteiger partial charge in [0.25, 0.3) is 0 Å². The lowest BCUT2D eigenvalue weighted by Gasteiger charge is -2.26. The largest absolute Gasteiger partial charge is 0.489 e. The Hall–Kier alpha value is -1.22. The van der Waals surface area contributed by atoms with Crippen molar-refractivity contribution in [3.05, 3.63) is 23.8 Å². The molecule has 0 aromatic heterocycles. The fourth-order valence-corrected chi connectivity index (χ4v) is 2.35. The molecule has 0 spiro atoms. The van der Waals surface area contributed by atoms with Gasteiger partial charge in [0, 0.05) is 19.6 Å². The van der Waals surface area contributed by atoms with Crippen LogP contribution >= 0.6 is 0 Å². The highest BCUT2D eigenvalue weighted by atomic mass is 16.5. The monoisotopic (exact) mass is 292 g/mol. The predicted molar refractivity (Wildman–Crippen MR) is 92.4 cm³/mol. The summed E-state index contributed by atoms with van der Waals surface area (Å²) in [6.07, 6.45) is 2.63. The average molecular weight is 292 g/mol. The zero-order valence-corrected chi connectivity index (χ0v) is 14.4. The van der Waals surface area contributed by atoms with Gasteiger partial charge < -0.3 is 15.0 Å². The highest BCUT2D eigenvalue weighted by molar-refractivity contribution is 5.60. The number of benzene rings is 1. The molecule has 0 saturated heterocycles. The van der Waals surface area contributed by atoms with Crippen LogP contribution < -0.4 is 15.0 Å². The van der Waals surface area contributed by atoms with E-state index in [9.17, 15) is 0 Å². The van der Waals surface area contributed by atoms with E-state index >= 15 is 0 Å². The van der Waals surface area contributed by atoms with Crippen LogP contribution in [0.2, 0.25) is 0 Å². The second-order valence-electron chi connectivity index (χ2n) is 5.68. The molecule has 1 aromatic rings. The molecule has 1 N–H and O–H groups in total. The second kappa shape index (κ2) is 9.67. The van der Waals surface area contributed by atoms with E-state index in [1.54, 1.807) is 0 Å². The number of hydrogen-bond donors (Lipinski definition) is 1. The minimum atomic E-state index is 0.197. The number of nitrogens with one attached hydrogen (secondary N) is 1. The van der Waals surface area contributed by atoms with Gasteiger partial charge in [-0.25, -0.2) is 0 Å². The number of anilines is 1. The van der Waals surface area contributed by atoms with Crippen molar-refractivity contribution in [3.8, 4) is 5.75 Å². The Morgan fingerprint density at radius 1 is 1.19 bits per heavy atom. The fourth-order valence-electron chi connectivity index (χ4n) is 2.35. The number of ether oxygens (including phenoxy) is 1.